The monoisotopic (exact) mass is 395 g/mol. The van der Waals surface area contributed by atoms with Crippen molar-refractivity contribution in [2.75, 3.05) is 16.4 Å². The average molecular weight is 395 g/mol. The number of aromatic nitrogens is 2. The zero-order valence-corrected chi connectivity index (χ0v) is 16.0. The zero-order valence-electron chi connectivity index (χ0n) is 16.0. The third kappa shape index (κ3) is 4.64. The lowest BCUT2D eigenvalue weighted by atomic mass is 10.1. The first-order valence-electron chi connectivity index (χ1n) is 8.74. The fourth-order valence-corrected chi connectivity index (χ4v) is 3.00. The number of hydrogen-bond donors (Lipinski definition) is 4. The third-order valence-corrected chi connectivity index (χ3v) is 4.29. The molecule has 0 bridgehead atoms. The summed E-state index contributed by atoms with van der Waals surface area (Å²) in [5.74, 6) is -1.68. The van der Waals surface area contributed by atoms with Crippen LogP contribution in [-0.2, 0) is 25.3 Å². The second-order valence-corrected chi connectivity index (χ2v) is 6.67. The minimum atomic E-state index is -0.948. The number of nitrogens with zero attached hydrogens (tertiary/aromatic N) is 2. The molecule has 3 rings (SSSR count). The minimum absolute atomic E-state index is 0.131. The number of benzene rings is 1. The van der Waals surface area contributed by atoms with E-state index in [1.807, 2.05) is 0 Å². The van der Waals surface area contributed by atoms with Gasteiger partial charge in [0.05, 0.1) is 17.8 Å². The first kappa shape index (κ1) is 19.7. The molecule has 29 heavy (non-hydrogen) atoms. The molecule has 0 aliphatic rings. The highest BCUT2D eigenvalue weighted by molar-refractivity contribution is 6.07. The van der Waals surface area contributed by atoms with Crippen LogP contribution in [0.1, 0.15) is 26.5 Å². The van der Waals surface area contributed by atoms with Crippen LogP contribution in [0.2, 0.25) is 0 Å². The molecular weight excluding hydrogens is 374 g/mol. The lowest BCUT2D eigenvalue weighted by Gasteiger charge is -2.07. The van der Waals surface area contributed by atoms with Gasteiger partial charge in [0.25, 0.3) is 11.8 Å². The van der Waals surface area contributed by atoms with E-state index in [1.165, 1.54) is 0 Å². The Hall–Kier alpha value is -4.01. The van der Waals surface area contributed by atoms with E-state index in [4.69, 9.17) is 10.8 Å². The molecule has 9 nitrogen and oxygen atoms in total. The van der Waals surface area contributed by atoms with Crippen LogP contribution in [0.15, 0.2) is 48.8 Å². The number of nitrogens with one attached hydrogen (secondary N) is 2. The molecule has 0 saturated carbocycles. The van der Waals surface area contributed by atoms with E-state index in [0.717, 1.165) is 0 Å². The molecule has 0 aliphatic carbocycles. The molecule has 5 N–H and O–H groups in total. The molecule has 1 aromatic carbocycles. The van der Waals surface area contributed by atoms with Gasteiger partial charge in [-0.1, -0.05) is 12.1 Å². The molecule has 0 spiro atoms. The van der Waals surface area contributed by atoms with Crippen LogP contribution in [-0.4, -0.2) is 32.0 Å². The number of carboxylic acid groups (broad SMARTS) is 1. The van der Waals surface area contributed by atoms with E-state index in [0.29, 0.717) is 34.0 Å². The normalized spacial score (nSPS) is 10.6. The standard InChI is InChI=1S/C20H21N5O4/c1-24-10-13(21)8-16(24)19(28)23-15-9-17(25(2)11-15)20(29)22-14-5-3-4-12(6-14)7-18(26)27/h3-6,8-11H,7,21H2,1-2H3,(H,22,29)(H,23,28)(H,26,27). The van der Waals surface area contributed by atoms with Crippen molar-refractivity contribution in [1.82, 2.24) is 9.13 Å². The predicted molar refractivity (Wildman–Crippen MR) is 109 cm³/mol. The molecule has 2 heterocycles. The number of hydrogen-bond acceptors (Lipinski definition) is 4. The fraction of sp³-hybridized carbons (Fsp3) is 0.150. The Bertz CT molecular complexity index is 1100. The molecule has 0 atom stereocenters. The fourth-order valence-electron chi connectivity index (χ4n) is 3.00. The Morgan fingerprint density at radius 1 is 0.931 bits per heavy atom. The number of nitrogens with two attached hydrogens (primary N) is 1. The van der Waals surface area contributed by atoms with E-state index in [-0.39, 0.29) is 18.2 Å². The van der Waals surface area contributed by atoms with Gasteiger partial charge in [-0.2, -0.15) is 0 Å². The molecule has 0 saturated heterocycles. The summed E-state index contributed by atoms with van der Waals surface area (Å²) in [6.45, 7) is 0. The lowest BCUT2D eigenvalue weighted by molar-refractivity contribution is -0.136. The van der Waals surface area contributed by atoms with Gasteiger partial charge in [-0.05, 0) is 29.8 Å². The summed E-state index contributed by atoms with van der Waals surface area (Å²) < 4.78 is 3.21. The first-order chi connectivity index (χ1) is 13.7. The topological polar surface area (TPSA) is 131 Å². The van der Waals surface area contributed by atoms with Crippen molar-refractivity contribution < 1.29 is 19.5 Å². The van der Waals surface area contributed by atoms with Crippen molar-refractivity contribution in [3.05, 3.63) is 65.7 Å². The largest absolute Gasteiger partial charge is 0.481 e. The smallest absolute Gasteiger partial charge is 0.307 e. The molecule has 0 radical (unpaired) electrons. The van der Waals surface area contributed by atoms with Gasteiger partial charge in [0, 0.05) is 32.2 Å². The van der Waals surface area contributed by atoms with Crippen LogP contribution >= 0.6 is 0 Å². The number of aryl methyl sites for hydroxylation is 2. The number of amides is 2. The summed E-state index contributed by atoms with van der Waals surface area (Å²) >= 11 is 0. The van der Waals surface area contributed by atoms with Crippen molar-refractivity contribution in [2.45, 2.75) is 6.42 Å². The summed E-state index contributed by atoms with van der Waals surface area (Å²) in [5.41, 5.74) is 8.43. The van der Waals surface area contributed by atoms with Gasteiger partial charge in [-0.15, -0.1) is 0 Å². The predicted octanol–water partition coefficient (Wildman–Crippen LogP) is 2.08. The maximum absolute atomic E-state index is 12.6. The number of anilines is 3. The molecule has 0 aliphatic heterocycles. The van der Waals surface area contributed by atoms with Crippen molar-refractivity contribution in [3.63, 3.8) is 0 Å². The van der Waals surface area contributed by atoms with E-state index in [9.17, 15) is 14.4 Å². The van der Waals surface area contributed by atoms with E-state index < -0.39 is 5.97 Å². The number of carboxylic acids is 1. The Kier molecular flexibility index (Phi) is 5.40. The van der Waals surface area contributed by atoms with Crippen molar-refractivity contribution in [1.29, 1.82) is 0 Å². The number of carbonyl (C=O) groups excluding carboxylic acids is 2. The van der Waals surface area contributed by atoms with E-state index in [1.54, 1.807) is 72.0 Å². The highest BCUT2D eigenvalue weighted by atomic mass is 16.4. The summed E-state index contributed by atoms with van der Waals surface area (Å²) in [7, 11) is 3.40. The van der Waals surface area contributed by atoms with Crippen LogP contribution in [0.4, 0.5) is 17.1 Å². The van der Waals surface area contributed by atoms with Crippen LogP contribution in [0, 0.1) is 0 Å². The average Bonchev–Trinajstić information content (AvgIpc) is 3.16. The van der Waals surface area contributed by atoms with Gasteiger partial charge in [-0.25, -0.2) is 0 Å². The quantitative estimate of drug-likeness (QED) is 0.507. The van der Waals surface area contributed by atoms with Crippen LogP contribution in [0.3, 0.4) is 0 Å². The second kappa shape index (κ2) is 7.93. The summed E-state index contributed by atoms with van der Waals surface area (Å²) in [4.78, 5) is 35.9. The van der Waals surface area contributed by atoms with Gasteiger partial charge >= 0.3 is 5.97 Å². The molecule has 0 unspecified atom stereocenters. The summed E-state index contributed by atoms with van der Waals surface area (Å²) in [6, 6.07) is 9.76. The van der Waals surface area contributed by atoms with Crippen LogP contribution < -0.4 is 16.4 Å². The lowest BCUT2D eigenvalue weighted by Crippen LogP contribution is -2.15. The van der Waals surface area contributed by atoms with Gasteiger partial charge < -0.3 is 30.6 Å². The zero-order chi connectivity index (χ0) is 21.1. The van der Waals surface area contributed by atoms with Gasteiger partial charge in [-0.3, -0.25) is 14.4 Å². The Morgan fingerprint density at radius 3 is 2.17 bits per heavy atom. The van der Waals surface area contributed by atoms with Gasteiger partial charge in [0.2, 0.25) is 0 Å². The Balaban J connectivity index is 1.72. The molecule has 9 heteroatoms. The number of aliphatic carboxylic acids is 1. The van der Waals surface area contributed by atoms with Gasteiger partial charge in [0.1, 0.15) is 11.4 Å². The molecule has 2 aromatic heterocycles. The highest BCUT2D eigenvalue weighted by Crippen LogP contribution is 2.18. The third-order valence-electron chi connectivity index (χ3n) is 4.29. The second-order valence-electron chi connectivity index (χ2n) is 6.67. The maximum atomic E-state index is 12.6. The van der Waals surface area contributed by atoms with Crippen LogP contribution in [0.25, 0.3) is 0 Å². The molecular formula is C20H21N5O4. The Labute approximate surface area is 166 Å². The van der Waals surface area contributed by atoms with E-state index in [2.05, 4.69) is 10.6 Å². The van der Waals surface area contributed by atoms with E-state index >= 15 is 0 Å². The van der Waals surface area contributed by atoms with Crippen molar-refractivity contribution in [3.8, 4) is 0 Å². The summed E-state index contributed by atoms with van der Waals surface area (Å²) in [5, 5.41) is 14.4. The first-order valence-corrected chi connectivity index (χ1v) is 8.74. The number of rotatable bonds is 6. The molecule has 3 aromatic rings. The maximum Gasteiger partial charge on any atom is 0.307 e. The number of carbonyl (C=O) groups is 3. The minimum Gasteiger partial charge on any atom is -0.481 e. The molecule has 2 amide bonds. The SMILES string of the molecule is Cn1cc(N)cc1C(=O)Nc1cc(C(=O)Nc2cccc(CC(=O)O)c2)n(C)c1. The molecule has 150 valence electrons. The Morgan fingerprint density at radius 2 is 1.55 bits per heavy atom. The van der Waals surface area contributed by atoms with Crippen molar-refractivity contribution in [2.24, 2.45) is 14.1 Å². The highest BCUT2D eigenvalue weighted by Gasteiger charge is 2.16. The molecule has 0 fully saturated rings. The number of nitrogen functional groups attached to an aromatic ring is 1. The van der Waals surface area contributed by atoms with Crippen LogP contribution in [0.5, 0.6) is 0 Å². The van der Waals surface area contributed by atoms with Gasteiger partial charge in [0.15, 0.2) is 0 Å². The van der Waals surface area contributed by atoms with Crippen molar-refractivity contribution >= 4 is 34.8 Å². The summed E-state index contributed by atoms with van der Waals surface area (Å²) in [6.07, 6.45) is 3.13.